The van der Waals surface area contributed by atoms with E-state index < -0.39 is 97.5 Å². The molecular formula is C73H142O17P2. The molecule has 0 aromatic heterocycles. The Morgan fingerprint density at radius 2 is 0.522 bits per heavy atom. The Bertz CT molecular complexity index is 1820. The van der Waals surface area contributed by atoms with Gasteiger partial charge in [0.25, 0.3) is 0 Å². The van der Waals surface area contributed by atoms with Crippen LogP contribution >= 0.6 is 15.6 Å². The van der Waals surface area contributed by atoms with Gasteiger partial charge < -0.3 is 33.8 Å². The van der Waals surface area contributed by atoms with Crippen molar-refractivity contribution in [3.8, 4) is 0 Å². The summed E-state index contributed by atoms with van der Waals surface area (Å²) in [6, 6.07) is 0. The second-order valence-electron chi connectivity index (χ2n) is 27.8. The van der Waals surface area contributed by atoms with Crippen molar-refractivity contribution < 1.29 is 80.2 Å². The average Bonchev–Trinajstić information content (AvgIpc) is 3.18. The fourth-order valence-electron chi connectivity index (χ4n) is 11.0. The van der Waals surface area contributed by atoms with Crippen molar-refractivity contribution in [2.75, 3.05) is 39.6 Å². The summed E-state index contributed by atoms with van der Waals surface area (Å²) in [6.45, 7) is 14.2. The molecule has 0 fully saturated rings. The maximum atomic E-state index is 13.0. The number of carbonyl (C=O) groups excluding carboxylic acids is 4. The van der Waals surface area contributed by atoms with Gasteiger partial charge in [-0.3, -0.25) is 37.3 Å². The standard InChI is InChI=1S/C73H142O17P2/c1-9-65(7)51-43-35-27-20-23-31-39-47-55-72(77)89-68(59-83-70(75)53-45-37-29-18-16-14-12-11-13-15-17-25-33-41-49-63(3)4)61-87-91(79,80)85-57-67(74)58-86-92(81,82)88-62-69(60-84-71(76)54-46-38-30-22-19-26-34-42-50-64(5)6)90-73(78)56-48-40-32-24-21-28-36-44-52-66(8)10-2/h63-69,74H,9-62H2,1-8H3,(H,79,80)(H,81,82)/t65?,66?,67?,68-,69-/m1/s1. The van der Waals surface area contributed by atoms with Crippen molar-refractivity contribution >= 4 is 39.5 Å². The van der Waals surface area contributed by atoms with Crippen molar-refractivity contribution in [1.29, 1.82) is 0 Å². The van der Waals surface area contributed by atoms with E-state index in [1.807, 2.05) is 0 Å². The van der Waals surface area contributed by atoms with Crippen LogP contribution in [0.2, 0.25) is 0 Å². The third kappa shape index (κ3) is 64.1. The molecule has 0 heterocycles. The van der Waals surface area contributed by atoms with E-state index in [1.54, 1.807) is 0 Å². The SMILES string of the molecule is CCC(C)CCCCCCCCCCC(=O)O[C@H](COC(=O)CCCCCCCCCCCCCCCCC(C)C)COP(=O)(O)OCC(O)COP(=O)(O)OC[C@@H](COC(=O)CCCCCCCCCCC(C)C)OC(=O)CCCCCCCCCCC(C)CC. The largest absolute Gasteiger partial charge is 0.472 e. The van der Waals surface area contributed by atoms with Crippen molar-refractivity contribution in [2.45, 2.75) is 382 Å². The fraction of sp³-hybridized carbons (Fsp3) is 0.945. The Kier molecular flexibility index (Phi) is 61.3. The van der Waals surface area contributed by atoms with Gasteiger partial charge in [-0.05, 0) is 49.4 Å². The van der Waals surface area contributed by atoms with Gasteiger partial charge >= 0.3 is 39.5 Å². The summed E-state index contributed by atoms with van der Waals surface area (Å²) in [5.41, 5.74) is 0. The summed E-state index contributed by atoms with van der Waals surface area (Å²) < 4.78 is 68.4. The minimum Gasteiger partial charge on any atom is -0.462 e. The molecule has 0 aliphatic carbocycles. The van der Waals surface area contributed by atoms with Gasteiger partial charge in [0, 0.05) is 25.7 Å². The molecule has 0 aromatic rings. The molecule has 17 nitrogen and oxygen atoms in total. The normalized spacial score (nSPS) is 14.8. The molecule has 7 atom stereocenters. The van der Waals surface area contributed by atoms with Crippen LogP contribution in [-0.2, 0) is 65.4 Å². The van der Waals surface area contributed by atoms with Crippen LogP contribution in [0.25, 0.3) is 0 Å². The first-order valence-electron chi connectivity index (χ1n) is 37.8. The molecule has 0 aromatic carbocycles. The van der Waals surface area contributed by atoms with Crippen molar-refractivity contribution in [2.24, 2.45) is 23.7 Å². The number of phosphoric acid groups is 2. The van der Waals surface area contributed by atoms with Gasteiger partial charge in [0.2, 0.25) is 0 Å². The van der Waals surface area contributed by atoms with Crippen LogP contribution in [0.5, 0.6) is 0 Å². The van der Waals surface area contributed by atoms with Crippen LogP contribution in [0.3, 0.4) is 0 Å². The van der Waals surface area contributed by atoms with Crippen LogP contribution in [0.1, 0.15) is 364 Å². The maximum Gasteiger partial charge on any atom is 0.472 e. The second-order valence-corrected chi connectivity index (χ2v) is 30.7. The number of rotatable bonds is 70. The first-order valence-corrected chi connectivity index (χ1v) is 40.8. The van der Waals surface area contributed by atoms with Crippen LogP contribution < -0.4 is 0 Å². The van der Waals surface area contributed by atoms with E-state index in [-0.39, 0.29) is 25.7 Å². The van der Waals surface area contributed by atoms with Crippen molar-refractivity contribution in [1.82, 2.24) is 0 Å². The van der Waals surface area contributed by atoms with Crippen molar-refractivity contribution in [3.05, 3.63) is 0 Å². The lowest BCUT2D eigenvalue weighted by molar-refractivity contribution is -0.161. The Labute approximate surface area is 562 Å². The highest BCUT2D eigenvalue weighted by Crippen LogP contribution is 2.45. The maximum absolute atomic E-state index is 13.0. The van der Waals surface area contributed by atoms with E-state index in [0.717, 1.165) is 114 Å². The van der Waals surface area contributed by atoms with E-state index in [9.17, 15) is 43.2 Å². The van der Waals surface area contributed by atoms with Crippen LogP contribution in [-0.4, -0.2) is 96.7 Å². The molecule has 0 radical (unpaired) electrons. The summed E-state index contributed by atoms with van der Waals surface area (Å²) in [4.78, 5) is 72.7. The monoisotopic (exact) mass is 1350 g/mol. The fourth-order valence-corrected chi connectivity index (χ4v) is 12.5. The topological polar surface area (TPSA) is 237 Å². The summed E-state index contributed by atoms with van der Waals surface area (Å²) in [5.74, 6) is 0.937. The number of ether oxygens (including phenoxy) is 4. The first-order chi connectivity index (χ1) is 44.2. The summed E-state index contributed by atoms with van der Waals surface area (Å²) >= 11 is 0. The third-order valence-corrected chi connectivity index (χ3v) is 19.4. The molecular weight excluding hydrogens is 1210 g/mol. The zero-order valence-electron chi connectivity index (χ0n) is 60.2. The molecule has 5 unspecified atom stereocenters. The minimum atomic E-state index is -4.96. The van der Waals surface area contributed by atoms with Crippen LogP contribution in [0.4, 0.5) is 0 Å². The Balaban J connectivity index is 5.25. The smallest absolute Gasteiger partial charge is 0.462 e. The molecule has 3 N–H and O–H groups in total. The zero-order valence-corrected chi connectivity index (χ0v) is 62.0. The molecule has 92 heavy (non-hydrogen) atoms. The predicted molar refractivity (Wildman–Crippen MR) is 372 cm³/mol. The van der Waals surface area contributed by atoms with E-state index in [1.165, 1.54) is 167 Å². The number of aliphatic hydroxyl groups excluding tert-OH is 1. The molecule has 0 spiro atoms. The lowest BCUT2D eigenvalue weighted by atomic mass is 9.99. The number of phosphoric ester groups is 2. The zero-order chi connectivity index (χ0) is 68.2. The minimum absolute atomic E-state index is 0.104. The van der Waals surface area contributed by atoms with E-state index in [0.29, 0.717) is 25.7 Å². The van der Waals surface area contributed by atoms with Crippen molar-refractivity contribution in [3.63, 3.8) is 0 Å². The predicted octanol–water partition coefficient (Wildman–Crippen LogP) is 20.9. The first kappa shape index (κ1) is 90.1. The molecule has 0 saturated heterocycles. The summed E-state index contributed by atoms with van der Waals surface area (Å²) in [5, 5.41) is 10.6. The van der Waals surface area contributed by atoms with Gasteiger partial charge in [0.1, 0.15) is 19.3 Å². The molecule has 0 rings (SSSR count). The molecule has 0 aliphatic rings. The third-order valence-electron chi connectivity index (χ3n) is 17.5. The van der Waals surface area contributed by atoms with Gasteiger partial charge in [-0.1, -0.05) is 312 Å². The summed E-state index contributed by atoms with van der Waals surface area (Å²) in [6.07, 6.45) is 45.7. The summed E-state index contributed by atoms with van der Waals surface area (Å²) in [7, 11) is -9.91. The van der Waals surface area contributed by atoms with Gasteiger partial charge in [0.05, 0.1) is 26.4 Å². The van der Waals surface area contributed by atoms with Gasteiger partial charge in [-0.15, -0.1) is 0 Å². The highest BCUT2D eigenvalue weighted by molar-refractivity contribution is 7.47. The number of hydrogen-bond donors (Lipinski definition) is 3. The quantitative estimate of drug-likeness (QED) is 0.0222. The van der Waals surface area contributed by atoms with Gasteiger partial charge in [-0.25, -0.2) is 9.13 Å². The Hall–Kier alpha value is -1.94. The number of esters is 4. The number of unbranched alkanes of at least 4 members (excludes halogenated alkanes) is 34. The molecule has 19 heteroatoms. The number of carbonyl (C=O) groups is 4. The lowest BCUT2D eigenvalue weighted by Crippen LogP contribution is -2.30. The van der Waals surface area contributed by atoms with Crippen LogP contribution in [0, 0.1) is 23.7 Å². The lowest BCUT2D eigenvalue weighted by Gasteiger charge is -2.21. The second kappa shape index (κ2) is 62.6. The number of aliphatic hydroxyl groups is 1. The van der Waals surface area contributed by atoms with Gasteiger partial charge in [0.15, 0.2) is 12.2 Å². The number of hydrogen-bond acceptors (Lipinski definition) is 15. The van der Waals surface area contributed by atoms with E-state index in [2.05, 4.69) is 55.4 Å². The molecule has 0 amide bonds. The van der Waals surface area contributed by atoms with Gasteiger partial charge in [-0.2, -0.15) is 0 Å². The van der Waals surface area contributed by atoms with E-state index in [4.69, 9.17) is 37.0 Å². The molecule has 0 aliphatic heterocycles. The molecule has 0 bridgehead atoms. The highest BCUT2D eigenvalue weighted by atomic mass is 31.2. The molecule has 0 saturated carbocycles. The van der Waals surface area contributed by atoms with E-state index >= 15 is 0 Å². The Morgan fingerprint density at radius 3 is 0.772 bits per heavy atom. The molecule has 546 valence electrons. The highest BCUT2D eigenvalue weighted by Gasteiger charge is 2.30. The average molecular weight is 1350 g/mol. The van der Waals surface area contributed by atoms with Crippen LogP contribution in [0.15, 0.2) is 0 Å². The Morgan fingerprint density at radius 1 is 0.304 bits per heavy atom.